The van der Waals surface area contributed by atoms with Crippen LogP contribution in [0.2, 0.25) is 0 Å². The molecular formula is C9H12O. The van der Waals surface area contributed by atoms with Gasteiger partial charge in [-0.2, -0.15) is 0 Å². The molecule has 0 saturated heterocycles. The Bertz CT molecular complexity index is 179. The van der Waals surface area contributed by atoms with Gasteiger partial charge in [-0.1, -0.05) is 18.8 Å². The minimum Gasteiger partial charge on any atom is -0.298 e. The Kier molecular flexibility index (Phi) is 1.80. The maximum Gasteiger partial charge on any atom is 0.147 e. The van der Waals surface area contributed by atoms with Crippen LogP contribution in [0.15, 0.2) is 0 Å². The predicted octanol–water partition coefficient (Wildman–Crippen LogP) is 1.77. The summed E-state index contributed by atoms with van der Waals surface area (Å²) in [4.78, 5) is 11.1. The van der Waals surface area contributed by atoms with E-state index in [1.54, 1.807) is 6.92 Å². The van der Waals surface area contributed by atoms with Gasteiger partial charge in [-0.25, -0.2) is 0 Å². The Morgan fingerprint density at radius 2 is 2.00 bits per heavy atom. The van der Waals surface area contributed by atoms with Crippen LogP contribution >= 0.6 is 0 Å². The van der Waals surface area contributed by atoms with E-state index in [1.165, 1.54) is 0 Å². The Morgan fingerprint density at radius 1 is 1.50 bits per heavy atom. The molecule has 0 unspecified atom stereocenters. The molecule has 1 aliphatic rings. The first-order chi connectivity index (χ1) is 4.71. The van der Waals surface area contributed by atoms with Gasteiger partial charge in [-0.05, 0) is 19.8 Å². The lowest BCUT2D eigenvalue weighted by molar-refractivity contribution is -0.123. The van der Waals surface area contributed by atoms with Gasteiger partial charge in [0.1, 0.15) is 5.78 Å². The normalized spacial score (nSPS) is 22.0. The van der Waals surface area contributed by atoms with Crippen molar-refractivity contribution >= 4 is 5.78 Å². The van der Waals surface area contributed by atoms with Crippen LogP contribution in [-0.2, 0) is 4.79 Å². The molecule has 54 valence electrons. The molecule has 0 radical (unpaired) electrons. The van der Waals surface area contributed by atoms with Crippen molar-refractivity contribution in [2.45, 2.75) is 32.6 Å². The van der Waals surface area contributed by atoms with Crippen LogP contribution in [0.25, 0.3) is 0 Å². The van der Waals surface area contributed by atoms with Crippen LogP contribution in [-0.4, -0.2) is 5.78 Å². The van der Waals surface area contributed by atoms with E-state index in [-0.39, 0.29) is 11.2 Å². The standard InChI is InChI=1S/C9H12O/c1-3-9(8(2)10)6-4-5-7-9/h1H,4-7H2,2H3. The zero-order valence-electron chi connectivity index (χ0n) is 6.31. The Morgan fingerprint density at radius 3 is 2.20 bits per heavy atom. The van der Waals surface area contributed by atoms with E-state index < -0.39 is 0 Å². The molecule has 0 N–H and O–H groups in total. The number of ketones is 1. The van der Waals surface area contributed by atoms with Crippen LogP contribution in [0.4, 0.5) is 0 Å². The number of carbonyl (C=O) groups is 1. The van der Waals surface area contributed by atoms with Gasteiger partial charge in [0.05, 0.1) is 5.41 Å². The lowest BCUT2D eigenvalue weighted by Crippen LogP contribution is -2.22. The maximum absolute atomic E-state index is 11.1. The second kappa shape index (κ2) is 2.46. The largest absolute Gasteiger partial charge is 0.298 e. The zero-order chi connectivity index (χ0) is 7.61. The van der Waals surface area contributed by atoms with Crippen LogP contribution in [0.3, 0.4) is 0 Å². The van der Waals surface area contributed by atoms with Crippen LogP contribution < -0.4 is 0 Å². The summed E-state index contributed by atoms with van der Waals surface area (Å²) in [6.07, 6.45) is 9.33. The number of hydrogen-bond donors (Lipinski definition) is 0. The first-order valence-electron chi connectivity index (χ1n) is 3.70. The van der Waals surface area contributed by atoms with Crippen molar-refractivity contribution in [3.05, 3.63) is 0 Å². The number of hydrogen-bond acceptors (Lipinski definition) is 1. The van der Waals surface area contributed by atoms with E-state index in [9.17, 15) is 4.79 Å². The van der Waals surface area contributed by atoms with Gasteiger partial charge in [-0.15, -0.1) is 6.42 Å². The fraction of sp³-hybridized carbons (Fsp3) is 0.667. The molecule has 0 aliphatic heterocycles. The number of rotatable bonds is 1. The van der Waals surface area contributed by atoms with Gasteiger partial charge >= 0.3 is 0 Å². The van der Waals surface area contributed by atoms with Gasteiger partial charge in [0, 0.05) is 0 Å². The van der Waals surface area contributed by atoms with Crippen molar-refractivity contribution < 1.29 is 4.79 Å². The molecule has 1 heteroatoms. The summed E-state index contributed by atoms with van der Waals surface area (Å²) in [6, 6.07) is 0. The molecule has 1 nitrogen and oxygen atoms in total. The minimum atomic E-state index is -0.375. The number of Topliss-reactive ketones (excluding diaryl/α,β-unsaturated/α-hetero) is 1. The second-order valence-corrected chi connectivity index (χ2v) is 2.99. The highest BCUT2D eigenvalue weighted by Crippen LogP contribution is 2.37. The van der Waals surface area contributed by atoms with Crippen LogP contribution in [0.1, 0.15) is 32.6 Å². The van der Waals surface area contributed by atoms with Crippen molar-refractivity contribution in [3.8, 4) is 12.3 Å². The van der Waals surface area contributed by atoms with Crippen molar-refractivity contribution in [2.75, 3.05) is 0 Å². The third kappa shape index (κ3) is 0.945. The minimum absolute atomic E-state index is 0.174. The Hall–Kier alpha value is -0.770. The van der Waals surface area contributed by atoms with Gasteiger partial charge in [0.25, 0.3) is 0 Å². The summed E-state index contributed by atoms with van der Waals surface area (Å²) < 4.78 is 0. The van der Waals surface area contributed by atoms with Gasteiger partial charge in [0.15, 0.2) is 0 Å². The molecule has 1 aliphatic carbocycles. The van der Waals surface area contributed by atoms with Crippen molar-refractivity contribution in [1.82, 2.24) is 0 Å². The topological polar surface area (TPSA) is 17.1 Å². The summed E-state index contributed by atoms with van der Waals surface area (Å²) in [6.45, 7) is 1.60. The molecule has 0 amide bonds. The SMILES string of the molecule is C#CC1(C(C)=O)CCCC1. The molecule has 10 heavy (non-hydrogen) atoms. The van der Waals surface area contributed by atoms with Crippen molar-refractivity contribution in [1.29, 1.82) is 0 Å². The van der Waals surface area contributed by atoms with E-state index in [4.69, 9.17) is 6.42 Å². The predicted molar refractivity (Wildman–Crippen MR) is 40.4 cm³/mol. The monoisotopic (exact) mass is 136 g/mol. The average Bonchev–Trinajstić information content (AvgIpc) is 2.35. The smallest absolute Gasteiger partial charge is 0.147 e. The van der Waals surface area contributed by atoms with E-state index in [0.717, 1.165) is 25.7 Å². The van der Waals surface area contributed by atoms with Crippen molar-refractivity contribution in [3.63, 3.8) is 0 Å². The van der Waals surface area contributed by atoms with Gasteiger partial charge in [-0.3, -0.25) is 4.79 Å². The molecule has 0 atom stereocenters. The van der Waals surface area contributed by atoms with Crippen LogP contribution in [0, 0.1) is 17.8 Å². The lowest BCUT2D eigenvalue weighted by Gasteiger charge is -2.17. The summed E-state index contributed by atoms with van der Waals surface area (Å²) in [5, 5.41) is 0. The molecule has 1 rings (SSSR count). The fourth-order valence-electron chi connectivity index (χ4n) is 1.58. The van der Waals surface area contributed by atoms with E-state index >= 15 is 0 Å². The quantitative estimate of drug-likeness (QED) is 0.502. The molecule has 0 aromatic heterocycles. The third-order valence-corrected chi connectivity index (χ3v) is 2.41. The molecule has 1 fully saturated rings. The van der Waals surface area contributed by atoms with Crippen LogP contribution in [0.5, 0.6) is 0 Å². The lowest BCUT2D eigenvalue weighted by atomic mass is 9.83. The molecule has 0 aromatic carbocycles. The first kappa shape index (κ1) is 7.34. The van der Waals surface area contributed by atoms with E-state index in [1.807, 2.05) is 0 Å². The highest BCUT2D eigenvalue weighted by molar-refractivity contribution is 5.85. The molecule has 0 aromatic rings. The van der Waals surface area contributed by atoms with Gasteiger partial charge in [0.2, 0.25) is 0 Å². The zero-order valence-corrected chi connectivity index (χ0v) is 6.31. The maximum atomic E-state index is 11.1. The summed E-state index contributed by atoms with van der Waals surface area (Å²) in [5.41, 5.74) is -0.375. The summed E-state index contributed by atoms with van der Waals surface area (Å²) in [5.74, 6) is 2.80. The highest BCUT2D eigenvalue weighted by Gasteiger charge is 2.36. The molecule has 0 bridgehead atoms. The van der Waals surface area contributed by atoms with E-state index in [2.05, 4.69) is 5.92 Å². The summed E-state index contributed by atoms with van der Waals surface area (Å²) >= 11 is 0. The number of terminal acetylenes is 1. The van der Waals surface area contributed by atoms with E-state index in [0.29, 0.717) is 0 Å². The number of carbonyl (C=O) groups excluding carboxylic acids is 1. The average molecular weight is 136 g/mol. The fourth-order valence-corrected chi connectivity index (χ4v) is 1.58. The highest BCUT2D eigenvalue weighted by atomic mass is 16.1. The Balaban J connectivity index is 2.80. The molecule has 0 heterocycles. The first-order valence-corrected chi connectivity index (χ1v) is 3.70. The molecule has 1 saturated carbocycles. The molecule has 0 spiro atoms. The Labute approximate surface area is 61.8 Å². The molecular weight excluding hydrogens is 124 g/mol. The summed E-state index contributed by atoms with van der Waals surface area (Å²) in [7, 11) is 0. The van der Waals surface area contributed by atoms with Crippen molar-refractivity contribution in [2.24, 2.45) is 5.41 Å². The van der Waals surface area contributed by atoms with Gasteiger partial charge < -0.3 is 0 Å². The third-order valence-electron chi connectivity index (χ3n) is 2.41. The second-order valence-electron chi connectivity index (χ2n) is 2.99.